The van der Waals surface area contributed by atoms with E-state index in [4.69, 9.17) is 0 Å². The van der Waals surface area contributed by atoms with Crippen LogP contribution in [0.3, 0.4) is 0 Å². The van der Waals surface area contributed by atoms with E-state index in [2.05, 4.69) is 181 Å². The highest BCUT2D eigenvalue weighted by molar-refractivity contribution is 7.27. The summed E-state index contributed by atoms with van der Waals surface area (Å²) in [5.74, 6) is 0. The van der Waals surface area contributed by atoms with Crippen LogP contribution >= 0.6 is 22.7 Å². The molecule has 0 radical (unpaired) electrons. The molecule has 0 atom stereocenters. The van der Waals surface area contributed by atoms with E-state index >= 15 is 0 Å². The van der Waals surface area contributed by atoms with Gasteiger partial charge in [0.2, 0.25) is 0 Å². The minimum Gasteiger partial charge on any atom is -0.310 e. The summed E-state index contributed by atoms with van der Waals surface area (Å²) in [5.41, 5.74) is 8.59. The molecule has 0 aliphatic carbocycles. The standard InChI is InChI=1S/C46H29NS2/c1-4-15-30(16-5-1)33-23-13-27-41-43(33)38-26-12-25-37(45(38)48-41)35-24-14-28-42-44(35)39-29-40(34-21-10-11-22-36(34)46(39)49-42)47(31-17-6-2-7-18-31)32-19-8-3-9-20-32/h1-29H. The highest BCUT2D eigenvalue weighted by Crippen LogP contribution is 2.50. The number of benzene rings is 8. The number of thiophene rings is 2. The lowest BCUT2D eigenvalue weighted by Crippen LogP contribution is -2.10. The van der Waals surface area contributed by atoms with Crippen molar-refractivity contribution in [1.29, 1.82) is 0 Å². The number of fused-ring (bicyclic) bond motifs is 8. The van der Waals surface area contributed by atoms with Gasteiger partial charge in [-0.05, 0) is 59.2 Å². The van der Waals surface area contributed by atoms with Crippen LogP contribution in [0, 0.1) is 0 Å². The Bertz CT molecular complexity index is 2770. The first-order valence-corrected chi connectivity index (χ1v) is 18.2. The van der Waals surface area contributed by atoms with Crippen LogP contribution in [0.15, 0.2) is 176 Å². The van der Waals surface area contributed by atoms with E-state index in [9.17, 15) is 0 Å². The van der Waals surface area contributed by atoms with Gasteiger partial charge in [-0.3, -0.25) is 0 Å². The van der Waals surface area contributed by atoms with Crippen molar-refractivity contribution in [3.63, 3.8) is 0 Å². The largest absolute Gasteiger partial charge is 0.310 e. The van der Waals surface area contributed by atoms with Gasteiger partial charge in [0.25, 0.3) is 0 Å². The van der Waals surface area contributed by atoms with E-state index in [0.29, 0.717) is 0 Å². The maximum Gasteiger partial charge on any atom is 0.0547 e. The fourth-order valence-corrected chi connectivity index (χ4v) is 10.0. The first-order chi connectivity index (χ1) is 24.3. The van der Waals surface area contributed by atoms with Gasteiger partial charge in [0.1, 0.15) is 0 Å². The second-order valence-corrected chi connectivity index (χ2v) is 14.5. The van der Waals surface area contributed by atoms with Crippen molar-refractivity contribution in [2.45, 2.75) is 0 Å². The summed E-state index contributed by atoms with van der Waals surface area (Å²) in [7, 11) is 0. The average molecular weight is 660 g/mol. The molecule has 0 unspecified atom stereocenters. The minimum absolute atomic E-state index is 1.14. The third-order valence-electron chi connectivity index (χ3n) is 9.65. The summed E-state index contributed by atoms with van der Waals surface area (Å²) in [4.78, 5) is 2.41. The molecule has 0 aliphatic heterocycles. The van der Waals surface area contributed by atoms with Gasteiger partial charge in [-0.2, -0.15) is 0 Å². The van der Waals surface area contributed by atoms with Crippen molar-refractivity contribution in [2.24, 2.45) is 0 Å². The molecule has 0 saturated heterocycles. The SMILES string of the molecule is c1ccc(-c2cccc3sc4c(-c5cccc6sc7c8ccccc8c(N(c8ccccc8)c8ccccc8)cc7c56)cccc4c23)cc1. The molecule has 8 aromatic carbocycles. The van der Waals surface area contributed by atoms with Crippen LogP contribution in [0.4, 0.5) is 17.1 Å². The topological polar surface area (TPSA) is 3.24 Å². The molecule has 10 aromatic rings. The number of rotatable bonds is 5. The predicted molar refractivity (Wildman–Crippen MR) is 215 cm³/mol. The Morgan fingerprint density at radius 1 is 0.347 bits per heavy atom. The zero-order chi connectivity index (χ0) is 32.3. The lowest BCUT2D eigenvalue weighted by atomic mass is 9.95. The van der Waals surface area contributed by atoms with E-state index in [-0.39, 0.29) is 0 Å². The van der Waals surface area contributed by atoms with Crippen LogP contribution in [0.2, 0.25) is 0 Å². The molecule has 0 N–H and O–H groups in total. The number of nitrogens with zero attached hydrogens (tertiary/aromatic N) is 1. The summed E-state index contributed by atoms with van der Waals surface area (Å²) in [6.07, 6.45) is 0. The van der Waals surface area contributed by atoms with E-state index in [0.717, 1.165) is 11.4 Å². The summed E-state index contributed by atoms with van der Waals surface area (Å²) >= 11 is 3.82. The van der Waals surface area contributed by atoms with E-state index < -0.39 is 0 Å². The van der Waals surface area contributed by atoms with Gasteiger partial charge in [0, 0.05) is 68.1 Å². The molecular formula is C46H29NS2. The Kier molecular flexibility index (Phi) is 6.61. The number of anilines is 3. The molecule has 49 heavy (non-hydrogen) atoms. The summed E-state index contributed by atoms with van der Waals surface area (Å²) in [6, 6.07) is 64.1. The van der Waals surface area contributed by atoms with Crippen LogP contribution < -0.4 is 4.90 Å². The molecule has 3 heteroatoms. The number of hydrogen-bond donors (Lipinski definition) is 0. The molecular weight excluding hydrogens is 631 g/mol. The molecule has 230 valence electrons. The fourth-order valence-electron chi connectivity index (χ4n) is 7.54. The van der Waals surface area contributed by atoms with Crippen molar-refractivity contribution in [3.8, 4) is 22.3 Å². The maximum atomic E-state index is 2.44. The molecule has 10 rings (SSSR count). The molecule has 0 spiro atoms. The third kappa shape index (κ3) is 4.51. The zero-order valence-corrected chi connectivity index (χ0v) is 28.1. The van der Waals surface area contributed by atoms with Crippen LogP contribution in [-0.4, -0.2) is 0 Å². The zero-order valence-electron chi connectivity index (χ0n) is 26.5. The van der Waals surface area contributed by atoms with Crippen LogP contribution in [0.25, 0.3) is 73.4 Å². The highest BCUT2D eigenvalue weighted by Gasteiger charge is 2.22. The summed E-state index contributed by atoms with van der Waals surface area (Å²) in [6.45, 7) is 0. The predicted octanol–water partition coefficient (Wildman–Crippen LogP) is 14.4. The number of para-hydroxylation sites is 2. The monoisotopic (exact) mass is 659 g/mol. The van der Waals surface area contributed by atoms with E-state index in [1.807, 2.05) is 22.7 Å². The van der Waals surface area contributed by atoms with E-state index in [1.54, 1.807) is 0 Å². The Labute approximate surface area is 292 Å². The highest BCUT2D eigenvalue weighted by atomic mass is 32.1. The third-order valence-corrected chi connectivity index (χ3v) is 12.1. The second-order valence-electron chi connectivity index (χ2n) is 12.4. The smallest absolute Gasteiger partial charge is 0.0547 e. The van der Waals surface area contributed by atoms with Gasteiger partial charge in [0.05, 0.1) is 5.69 Å². The van der Waals surface area contributed by atoms with Crippen LogP contribution in [-0.2, 0) is 0 Å². The second kappa shape index (κ2) is 11.5. The molecule has 0 amide bonds. The molecule has 1 nitrogen and oxygen atoms in total. The van der Waals surface area contributed by atoms with Crippen molar-refractivity contribution < 1.29 is 0 Å². The molecule has 0 fully saturated rings. The van der Waals surface area contributed by atoms with Crippen molar-refractivity contribution in [2.75, 3.05) is 4.90 Å². The summed E-state index contributed by atoms with van der Waals surface area (Å²) in [5, 5.41) is 7.81. The molecule has 0 aliphatic rings. The molecule has 0 bridgehead atoms. The maximum absolute atomic E-state index is 2.44. The lowest BCUT2D eigenvalue weighted by molar-refractivity contribution is 1.30. The van der Waals surface area contributed by atoms with Crippen molar-refractivity contribution in [1.82, 2.24) is 0 Å². The minimum atomic E-state index is 1.14. The van der Waals surface area contributed by atoms with Gasteiger partial charge in [-0.15, -0.1) is 22.7 Å². The van der Waals surface area contributed by atoms with Gasteiger partial charge in [0.15, 0.2) is 0 Å². The normalized spacial score (nSPS) is 11.7. The van der Waals surface area contributed by atoms with E-state index in [1.165, 1.54) is 79.1 Å². The van der Waals surface area contributed by atoms with Gasteiger partial charge in [-0.25, -0.2) is 0 Å². The Hall–Kier alpha value is -5.74. The van der Waals surface area contributed by atoms with Gasteiger partial charge >= 0.3 is 0 Å². The quantitative estimate of drug-likeness (QED) is 0.178. The number of hydrogen-bond acceptors (Lipinski definition) is 3. The average Bonchev–Trinajstić information content (AvgIpc) is 3.75. The molecule has 0 saturated carbocycles. The molecule has 2 heterocycles. The van der Waals surface area contributed by atoms with Gasteiger partial charge < -0.3 is 4.90 Å². The Balaban J connectivity index is 1.28. The molecule has 2 aromatic heterocycles. The van der Waals surface area contributed by atoms with Crippen molar-refractivity contribution >= 4 is 90.9 Å². The first-order valence-electron chi connectivity index (χ1n) is 16.6. The van der Waals surface area contributed by atoms with Crippen LogP contribution in [0.1, 0.15) is 0 Å². The first kappa shape index (κ1) is 28.3. The summed E-state index contributed by atoms with van der Waals surface area (Å²) < 4.78 is 5.30. The van der Waals surface area contributed by atoms with Crippen LogP contribution in [0.5, 0.6) is 0 Å². The Morgan fingerprint density at radius 2 is 0.857 bits per heavy atom. The van der Waals surface area contributed by atoms with Gasteiger partial charge in [-0.1, -0.05) is 133 Å². The van der Waals surface area contributed by atoms with Crippen molar-refractivity contribution in [3.05, 3.63) is 176 Å². The Morgan fingerprint density at radius 3 is 1.55 bits per heavy atom. The fraction of sp³-hybridized carbons (Fsp3) is 0. The lowest BCUT2D eigenvalue weighted by Gasteiger charge is -2.27.